The van der Waals surface area contributed by atoms with Gasteiger partial charge >= 0.3 is 6.03 Å². The molecular weight excluding hydrogens is 352 g/mol. The van der Waals surface area contributed by atoms with Crippen molar-refractivity contribution in [2.24, 2.45) is 0 Å². The maximum absolute atomic E-state index is 12.1. The molecule has 0 unspecified atom stereocenters. The summed E-state index contributed by atoms with van der Waals surface area (Å²) < 4.78 is 0. The lowest BCUT2D eigenvalue weighted by Crippen LogP contribution is -2.49. The molecule has 0 aliphatic carbocycles. The number of carbonyl (C=O) groups excluding carboxylic acids is 2. The van der Waals surface area contributed by atoms with Crippen LogP contribution >= 0.6 is 0 Å². The molecule has 3 amide bonds. The summed E-state index contributed by atoms with van der Waals surface area (Å²) in [5, 5.41) is 8.24. The molecule has 2 aromatic carbocycles. The molecule has 0 saturated heterocycles. The van der Waals surface area contributed by atoms with Crippen molar-refractivity contribution in [2.75, 3.05) is 23.3 Å². The van der Waals surface area contributed by atoms with E-state index in [0.29, 0.717) is 0 Å². The Morgan fingerprint density at radius 3 is 2.43 bits per heavy atom. The summed E-state index contributed by atoms with van der Waals surface area (Å²) in [4.78, 5) is 26.3. The number of hydrogen-bond donors (Lipinski definition) is 3. The lowest BCUT2D eigenvalue weighted by atomic mass is 9.99. The number of hydrogen-bond acceptors (Lipinski definition) is 4. The molecule has 0 radical (unpaired) electrons. The third-order valence-electron chi connectivity index (χ3n) is 4.56. The molecular formula is C22H28N4O2. The quantitative estimate of drug-likeness (QED) is 0.761. The van der Waals surface area contributed by atoms with Crippen LogP contribution in [0, 0.1) is 0 Å². The van der Waals surface area contributed by atoms with Gasteiger partial charge in [0.05, 0.1) is 17.9 Å². The summed E-state index contributed by atoms with van der Waals surface area (Å²) in [5.74, 6) is -0.374. The van der Waals surface area contributed by atoms with Gasteiger partial charge in [-0.3, -0.25) is 10.1 Å². The number of amides is 3. The number of carbonyl (C=O) groups is 2. The van der Waals surface area contributed by atoms with E-state index in [1.54, 1.807) is 0 Å². The average Bonchev–Trinajstić information content (AvgIpc) is 2.64. The highest BCUT2D eigenvalue weighted by molar-refractivity contribution is 5.96. The molecule has 1 heterocycles. The first-order valence-corrected chi connectivity index (χ1v) is 9.58. The number of para-hydroxylation sites is 2. The van der Waals surface area contributed by atoms with Crippen LogP contribution in [-0.4, -0.2) is 30.6 Å². The van der Waals surface area contributed by atoms with E-state index in [0.717, 1.165) is 30.9 Å². The molecule has 1 aliphatic rings. The SMILES string of the molecule is CC(C)(C)NC(=O)NC(=O)CNc1ccccc1N1CCc2ccccc2C1. The van der Waals surface area contributed by atoms with Crippen molar-refractivity contribution in [1.29, 1.82) is 0 Å². The number of nitrogens with zero attached hydrogens (tertiary/aromatic N) is 1. The van der Waals surface area contributed by atoms with Crippen molar-refractivity contribution in [3.05, 3.63) is 59.7 Å². The van der Waals surface area contributed by atoms with Gasteiger partial charge in [-0.15, -0.1) is 0 Å². The lowest BCUT2D eigenvalue weighted by molar-refractivity contribution is -0.118. The summed E-state index contributed by atoms with van der Waals surface area (Å²) in [6.07, 6.45) is 0.998. The molecule has 0 fully saturated rings. The molecule has 0 atom stereocenters. The highest BCUT2D eigenvalue weighted by atomic mass is 16.2. The van der Waals surface area contributed by atoms with Crippen LogP contribution in [0.15, 0.2) is 48.5 Å². The van der Waals surface area contributed by atoms with Crippen LogP contribution in [0.5, 0.6) is 0 Å². The number of rotatable bonds is 4. The Kier molecular flexibility index (Phi) is 5.87. The molecule has 1 aliphatic heterocycles. The summed E-state index contributed by atoms with van der Waals surface area (Å²) >= 11 is 0. The molecule has 3 N–H and O–H groups in total. The van der Waals surface area contributed by atoms with Crippen LogP contribution < -0.4 is 20.9 Å². The van der Waals surface area contributed by atoms with E-state index in [4.69, 9.17) is 0 Å². The van der Waals surface area contributed by atoms with Crippen LogP contribution in [0.3, 0.4) is 0 Å². The van der Waals surface area contributed by atoms with Crippen molar-refractivity contribution >= 4 is 23.3 Å². The molecule has 6 heteroatoms. The number of anilines is 2. The van der Waals surface area contributed by atoms with Crippen molar-refractivity contribution in [3.63, 3.8) is 0 Å². The number of imide groups is 1. The van der Waals surface area contributed by atoms with Gasteiger partial charge in [0.1, 0.15) is 0 Å². The van der Waals surface area contributed by atoms with Gasteiger partial charge in [-0.1, -0.05) is 36.4 Å². The summed E-state index contributed by atoms with van der Waals surface area (Å²) in [5.41, 5.74) is 4.28. The second-order valence-corrected chi connectivity index (χ2v) is 8.06. The minimum Gasteiger partial charge on any atom is -0.374 e. The van der Waals surface area contributed by atoms with Crippen LogP contribution in [0.25, 0.3) is 0 Å². The second kappa shape index (κ2) is 8.33. The molecule has 0 spiro atoms. The fourth-order valence-electron chi connectivity index (χ4n) is 3.32. The van der Waals surface area contributed by atoms with E-state index in [1.807, 2.05) is 39.0 Å². The number of urea groups is 1. The highest BCUT2D eigenvalue weighted by Crippen LogP contribution is 2.30. The third-order valence-corrected chi connectivity index (χ3v) is 4.56. The van der Waals surface area contributed by atoms with Gasteiger partial charge in [0.2, 0.25) is 5.91 Å². The van der Waals surface area contributed by atoms with Crippen LogP contribution in [0.4, 0.5) is 16.2 Å². The highest BCUT2D eigenvalue weighted by Gasteiger charge is 2.19. The van der Waals surface area contributed by atoms with E-state index >= 15 is 0 Å². The van der Waals surface area contributed by atoms with E-state index in [2.05, 4.69) is 51.2 Å². The Bertz CT molecular complexity index is 858. The van der Waals surface area contributed by atoms with Crippen molar-refractivity contribution in [2.45, 2.75) is 39.3 Å². The lowest BCUT2D eigenvalue weighted by Gasteiger charge is -2.32. The van der Waals surface area contributed by atoms with Crippen LogP contribution in [0.1, 0.15) is 31.9 Å². The normalized spacial score (nSPS) is 13.5. The molecule has 0 bridgehead atoms. The fraction of sp³-hybridized carbons (Fsp3) is 0.364. The van der Waals surface area contributed by atoms with Crippen molar-refractivity contribution in [3.8, 4) is 0 Å². The summed E-state index contributed by atoms with van der Waals surface area (Å²) in [7, 11) is 0. The Labute approximate surface area is 166 Å². The van der Waals surface area contributed by atoms with Gasteiger partial charge in [0.25, 0.3) is 0 Å². The maximum atomic E-state index is 12.1. The first kappa shape index (κ1) is 19.7. The Balaban J connectivity index is 1.62. The van der Waals surface area contributed by atoms with Crippen LogP contribution in [-0.2, 0) is 17.8 Å². The van der Waals surface area contributed by atoms with Crippen molar-refractivity contribution < 1.29 is 9.59 Å². The van der Waals surface area contributed by atoms with Gasteiger partial charge in [0.15, 0.2) is 0 Å². The number of fused-ring (bicyclic) bond motifs is 1. The predicted molar refractivity (Wildman–Crippen MR) is 113 cm³/mol. The van der Waals surface area contributed by atoms with Crippen LogP contribution in [0.2, 0.25) is 0 Å². The standard InChI is InChI=1S/C22H28N4O2/c1-22(2,3)25-21(28)24-20(27)14-23-18-10-6-7-11-19(18)26-13-12-16-8-4-5-9-17(16)15-26/h4-11,23H,12-15H2,1-3H3,(H2,24,25,27,28). The molecule has 6 nitrogen and oxygen atoms in total. The second-order valence-electron chi connectivity index (χ2n) is 8.06. The average molecular weight is 380 g/mol. The monoisotopic (exact) mass is 380 g/mol. The molecule has 3 rings (SSSR count). The Morgan fingerprint density at radius 1 is 1.00 bits per heavy atom. The number of benzene rings is 2. The van der Waals surface area contributed by atoms with Gasteiger partial charge in [-0.05, 0) is 50.5 Å². The predicted octanol–water partition coefficient (Wildman–Crippen LogP) is 3.29. The zero-order chi connectivity index (χ0) is 20.1. The van der Waals surface area contributed by atoms with Gasteiger partial charge < -0.3 is 15.5 Å². The number of nitrogens with one attached hydrogen (secondary N) is 3. The minimum absolute atomic E-state index is 0.0268. The van der Waals surface area contributed by atoms with E-state index < -0.39 is 11.6 Å². The largest absolute Gasteiger partial charge is 0.374 e. The van der Waals surface area contributed by atoms with Gasteiger partial charge in [-0.2, -0.15) is 0 Å². The molecule has 148 valence electrons. The maximum Gasteiger partial charge on any atom is 0.321 e. The zero-order valence-electron chi connectivity index (χ0n) is 16.7. The topological polar surface area (TPSA) is 73.5 Å². The first-order chi connectivity index (χ1) is 13.3. The fourth-order valence-corrected chi connectivity index (χ4v) is 3.32. The van der Waals surface area contributed by atoms with Gasteiger partial charge in [0, 0.05) is 18.6 Å². The smallest absolute Gasteiger partial charge is 0.321 e. The van der Waals surface area contributed by atoms with E-state index in [1.165, 1.54) is 11.1 Å². The molecule has 2 aromatic rings. The summed E-state index contributed by atoms with van der Waals surface area (Å²) in [6, 6.07) is 16.0. The molecule has 0 aromatic heterocycles. The van der Waals surface area contributed by atoms with E-state index in [-0.39, 0.29) is 12.5 Å². The third kappa shape index (κ3) is 5.25. The first-order valence-electron chi connectivity index (χ1n) is 9.58. The molecule has 0 saturated carbocycles. The Morgan fingerprint density at radius 2 is 1.68 bits per heavy atom. The minimum atomic E-state index is -0.486. The van der Waals surface area contributed by atoms with Crippen molar-refractivity contribution in [1.82, 2.24) is 10.6 Å². The summed E-state index contributed by atoms with van der Waals surface area (Å²) in [6.45, 7) is 7.39. The van der Waals surface area contributed by atoms with Gasteiger partial charge in [-0.25, -0.2) is 4.79 Å². The van der Waals surface area contributed by atoms with E-state index in [9.17, 15) is 9.59 Å². The zero-order valence-corrected chi connectivity index (χ0v) is 16.7. The Hall–Kier alpha value is -3.02. The molecule has 28 heavy (non-hydrogen) atoms.